The molecular formula is C21H17F2N5O2. The van der Waals surface area contributed by atoms with Gasteiger partial charge in [-0.3, -0.25) is 9.78 Å². The number of nitrogens with zero attached hydrogens (tertiary/aromatic N) is 3. The fraction of sp³-hybridized carbons (Fsp3) is 0.238. The molecule has 0 bridgehead atoms. The lowest BCUT2D eigenvalue weighted by molar-refractivity contribution is -0.120. The van der Waals surface area contributed by atoms with E-state index in [0.717, 1.165) is 10.8 Å². The monoisotopic (exact) mass is 409 g/mol. The van der Waals surface area contributed by atoms with Crippen LogP contribution >= 0.6 is 0 Å². The molecule has 3 N–H and O–H groups in total. The van der Waals surface area contributed by atoms with Crippen molar-refractivity contribution in [3.8, 4) is 11.5 Å². The van der Waals surface area contributed by atoms with Crippen molar-refractivity contribution in [3.05, 3.63) is 47.9 Å². The molecule has 3 aromatic heterocycles. The van der Waals surface area contributed by atoms with E-state index in [1.54, 1.807) is 19.4 Å². The van der Waals surface area contributed by atoms with Crippen molar-refractivity contribution in [1.82, 2.24) is 15.0 Å². The summed E-state index contributed by atoms with van der Waals surface area (Å²) in [5, 5.41) is 4.46. The molecule has 0 saturated heterocycles. The summed E-state index contributed by atoms with van der Waals surface area (Å²) in [4.78, 5) is 25.2. The first-order valence-electron chi connectivity index (χ1n) is 9.39. The molecule has 5 rings (SSSR count). The Balaban J connectivity index is 1.72. The van der Waals surface area contributed by atoms with E-state index in [1.807, 2.05) is 6.07 Å². The van der Waals surface area contributed by atoms with Gasteiger partial charge in [-0.05, 0) is 37.1 Å². The second kappa shape index (κ2) is 6.45. The molecule has 1 aliphatic carbocycles. The number of carbonyl (C=O) groups is 1. The van der Waals surface area contributed by atoms with Gasteiger partial charge >= 0.3 is 0 Å². The highest BCUT2D eigenvalue weighted by molar-refractivity contribution is 6.01. The van der Waals surface area contributed by atoms with Crippen LogP contribution in [0.4, 0.5) is 14.6 Å². The predicted molar refractivity (Wildman–Crippen MR) is 107 cm³/mol. The van der Waals surface area contributed by atoms with E-state index in [1.165, 1.54) is 18.2 Å². The van der Waals surface area contributed by atoms with E-state index in [2.05, 4.69) is 20.3 Å². The SMILES string of the molecule is CNc1ncc(-c2nc3cc(C(F)F)ccc3o2)c2cc(C3(C(N)=O)CC3)ncc12. The number of hydrogen-bond donors (Lipinski definition) is 2. The van der Waals surface area contributed by atoms with Gasteiger partial charge in [0, 0.05) is 35.8 Å². The lowest BCUT2D eigenvalue weighted by Gasteiger charge is -2.13. The zero-order chi connectivity index (χ0) is 21.0. The number of hydrogen-bond acceptors (Lipinski definition) is 6. The Hall–Kier alpha value is -3.62. The molecule has 1 aliphatic rings. The standard InChI is InChI=1S/C21H17F2N5O2/c1-25-18-12-8-26-16(21(4-5-21)20(24)29)7-11(12)13(9-27-18)19-28-14-6-10(17(22)23)2-3-15(14)30-19/h2-3,6-9,17H,4-5H2,1H3,(H2,24,29)(H,25,27). The maximum absolute atomic E-state index is 13.0. The van der Waals surface area contributed by atoms with Crippen molar-refractivity contribution in [2.45, 2.75) is 24.7 Å². The van der Waals surface area contributed by atoms with E-state index in [9.17, 15) is 13.6 Å². The minimum absolute atomic E-state index is 0.125. The Kier molecular flexibility index (Phi) is 3.96. The van der Waals surface area contributed by atoms with Crippen LogP contribution in [0.1, 0.15) is 30.5 Å². The van der Waals surface area contributed by atoms with E-state index in [0.29, 0.717) is 41.0 Å². The van der Waals surface area contributed by atoms with Crippen molar-refractivity contribution in [1.29, 1.82) is 0 Å². The lowest BCUT2D eigenvalue weighted by atomic mass is 9.98. The van der Waals surface area contributed by atoms with Gasteiger partial charge in [0.25, 0.3) is 6.43 Å². The number of fused-ring (bicyclic) bond motifs is 2. The number of nitrogens with one attached hydrogen (secondary N) is 1. The number of halogens is 2. The highest BCUT2D eigenvalue weighted by Crippen LogP contribution is 2.48. The molecule has 0 aliphatic heterocycles. The van der Waals surface area contributed by atoms with Gasteiger partial charge in [0.2, 0.25) is 11.8 Å². The number of aromatic nitrogens is 3. The second-order valence-corrected chi connectivity index (χ2v) is 7.38. The Bertz CT molecular complexity index is 1310. The average molecular weight is 409 g/mol. The number of benzene rings is 1. The molecule has 1 amide bonds. The summed E-state index contributed by atoms with van der Waals surface area (Å²) in [6, 6.07) is 5.91. The number of primary amides is 1. The molecular weight excluding hydrogens is 392 g/mol. The first-order valence-corrected chi connectivity index (χ1v) is 9.39. The van der Waals surface area contributed by atoms with Crippen molar-refractivity contribution < 1.29 is 18.0 Å². The number of nitrogens with two attached hydrogens (primary N) is 1. The predicted octanol–water partition coefficient (Wildman–Crippen LogP) is 3.93. The van der Waals surface area contributed by atoms with Gasteiger partial charge in [0.1, 0.15) is 11.3 Å². The van der Waals surface area contributed by atoms with Gasteiger partial charge in [-0.25, -0.2) is 18.7 Å². The summed E-state index contributed by atoms with van der Waals surface area (Å²) < 4.78 is 31.9. The van der Waals surface area contributed by atoms with Gasteiger partial charge in [0.15, 0.2) is 5.58 Å². The maximum atomic E-state index is 13.0. The molecule has 1 fully saturated rings. The number of anilines is 1. The smallest absolute Gasteiger partial charge is 0.263 e. The Morgan fingerprint density at radius 1 is 1.20 bits per heavy atom. The number of rotatable bonds is 5. The number of oxazole rings is 1. The Morgan fingerprint density at radius 2 is 2.00 bits per heavy atom. The number of pyridine rings is 2. The van der Waals surface area contributed by atoms with E-state index < -0.39 is 17.7 Å². The van der Waals surface area contributed by atoms with E-state index >= 15 is 0 Å². The molecule has 4 aromatic rings. The van der Waals surface area contributed by atoms with Crippen LogP contribution in [-0.2, 0) is 10.2 Å². The van der Waals surface area contributed by atoms with E-state index in [-0.39, 0.29) is 11.5 Å². The summed E-state index contributed by atoms with van der Waals surface area (Å²) in [5.74, 6) is 0.450. The molecule has 0 radical (unpaired) electrons. The van der Waals surface area contributed by atoms with Gasteiger partial charge in [-0.15, -0.1) is 0 Å². The van der Waals surface area contributed by atoms with Gasteiger partial charge < -0.3 is 15.5 Å². The van der Waals surface area contributed by atoms with Gasteiger partial charge in [-0.2, -0.15) is 0 Å². The highest BCUT2D eigenvalue weighted by atomic mass is 19.3. The van der Waals surface area contributed by atoms with Crippen molar-refractivity contribution in [2.75, 3.05) is 12.4 Å². The van der Waals surface area contributed by atoms with Crippen LogP contribution in [0.15, 0.2) is 41.1 Å². The average Bonchev–Trinajstić information content (AvgIpc) is 3.45. The summed E-state index contributed by atoms with van der Waals surface area (Å²) in [6.45, 7) is 0. The van der Waals surface area contributed by atoms with Crippen molar-refractivity contribution in [2.24, 2.45) is 5.73 Å². The van der Waals surface area contributed by atoms with Crippen LogP contribution < -0.4 is 11.1 Å². The molecule has 0 spiro atoms. The second-order valence-electron chi connectivity index (χ2n) is 7.38. The minimum Gasteiger partial charge on any atom is -0.436 e. The van der Waals surface area contributed by atoms with Crippen LogP contribution in [0.5, 0.6) is 0 Å². The first kappa shape index (κ1) is 18.4. The lowest BCUT2D eigenvalue weighted by Crippen LogP contribution is -2.29. The fourth-order valence-corrected chi connectivity index (χ4v) is 3.72. The molecule has 9 heteroatoms. The normalized spacial score (nSPS) is 15.1. The topological polar surface area (TPSA) is 107 Å². The Morgan fingerprint density at radius 3 is 2.67 bits per heavy atom. The summed E-state index contributed by atoms with van der Waals surface area (Å²) in [6.07, 6.45) is 1.96. The fourth-order valence-electron chi connectivity index (χ4n) is 3.72. The quantitative estimate of drug-likeness (QED) is 0.517. The zero-order valence-electron chi connectivity index (χ0n) is 15.9. The van der Waals surface area contributed by atoms with Crippen LogP contribution in [0, 0.1) is 0 Å². The molecule has 0 atom stereocenters. The van der Waals surface area contributed by atoms with Gasteiger partial charge in [0.05, 0.1) is 16.7 Å². The Labute approximate surface area is 169 Å². The van der Waals surface area contributed by atoms with Gasteiger partial charge in [-0.1, -0.05) is 0 Å². The zero-order valence-corrected chi connectivity index (χ0v) is 15.9. The molecule has 1 saturated carbocycles. The van der Waals surface area contributed by atoms with Crippen molar-refractivity contribution >= 4 is 33.6 Å². The largest absolute Gasteiger partial charge is 0.436 e. The van der Waals surface area contributed by atoms with E-state index in [4.69, 9.17) is 10.2 Å². The number of alkyl halides is 2. The van der Waals surface area contributed by atoms with Crippen LogP contribution in [0.3, 0.4) is 0 Å². The molecule has 1 aromatic carbocycles. The molecule has 30 heavy (non-hydrogen) atoms. The summed E-state index contributed by atoms with van der Waals surface area (Å²) >= 11 is 0. The first-order chi connectivity index (χ1) is 14.4. The highest BCUT2D eigenvalue weighted by Gasteiger charge is 2.51. The molecule has 7 nitrogen and oxygen atoms in total. The van der Waals surface area contributed by atoms with Crippen LogP contribution in [0.2, 0.25) is 0 Å². The third-order valence-electron chi connectivity index (χ3n) is 5.61. The third-order valence-corrected chi connectivity index (χ3v) is 5.61. The van der Waals surface area contributed by atoms with Crippen molar-refractivity contribution in [3.63, 3.8) is 0 Å². The van der Waals surface area contributed by atoms with Crippen LogP contribution in [-0.4, -0.2) is 27.9 Å². The molecule has 0 unspecified atom stereocenters. The van der Waals surface area contributed by atoms with Crippen LogP contribution in [0.25, 0.3) is 33.3 Å². The molecule has 3 heterocycles. The summed E-state index contributed by atoms with van der Waals surface area (Å²) in [7, 11) is 1.74. The number of amides is 1. The minimum atomic E-state index is -2.59. The maximum Gasteiger partial charge on any atom is 0.263 e. The third kappa shape index (κ3) is 2.69. The number of carbonyl (C=O) groups excluding carboxylic acids is 1. The summed E-state index contributed by atoms with van der Waals surface area (Å²) in [5.41, 5.74) is 6.62. The molecule has 152 valence electrons.